The third-order valence-corrected chi connectivity index (χ3v) is 2.43. The van der Waals surface area contributed by atoms with Crippen molar-refractivity contribution < 1.29 is 9.53 Å². The van der Waals surface area contributed by atoms with E-state index in [1.54, 1.807) is 19.1 Å². The van der Waals surface area contributed by atoms with Gasteiger partial charge in [0.25, 0.3) is 0 Å². The fraction of sp³-hybridized carbons (Fsp3) is 0.250. The lowest BCUT2D eigenvalue weighted by atomic mass is 10.3. The first kappa shape index (κ1) is 15.8. The number of ether oxygens (including phenoxy) is 1. The lowest BCUT2D eigenvalue weighted by Crippen LogP contribution is -2.20. The minimum atomic E-state index is -0.316. The molecule has 0 aliphatic carbocycles. The number of nitrogens with zero attached hydrogens (tertiary/aromatic N) is 1. The summed E-state index contributed by atoms with van der Waals surface area (Å²) in [6.45, 7) is 2.11. The minimum absolute atomic E-state index is 0. The molecule has 1 aromatic heterocycles. The number of carbonyl (C=O) groups is 1. The van der Waals surface area contributed by atoms with Gasteiger partial charge in [-0.2, -0.15) is 0 Å². The second-order valence-corrected chi connectivity index (χ2v) is 3.94. The summed E-state index contributed by atoms with van der Waals surface area (Å²) in [5.41, 5.74) is 7.44. The predicted molar refractivity (Wildman–Crippen MR) is 79.2 cm³/mol. The highest BCUT2D eigenvalue weighted by Gasteiger charge is 2.09. The molecule has 2 aromatic rings. The third-order valence-electron chi connectivity index (χ3n) is 2.43. The molecule has 0 aliphatic rings. The number of nitrogens with one attached hydrogen (secondary N) is 3. The van der Waals surface area contributed by atoms with Crippen LogP contribution in [0.2, 0.25) is 0 Å². The normalized spacial score (nSPS) is 9.85. The number of H-pyrrole nitrogens is 1. The SMILES string of the molecule is CCOC(=O)Cc1nc2cc(NC(=N)N)ccc2[nH]1.Cl. The van der Waals surface area contributed by atoms with Gasteiger partial charge in [-0.05, 0) is 25.1 Å². The summed E-state index contributed by atoms with van der Waals surface area (Å²) in [6, 6.07) is 5.33. The molecule has 8 heteroatoms. The zero-order valence-corrected chi connectivity index (χ0v) is 11.7. The van der Waals surface area contributed by atoms with E-state index < -0.39 is 0 Å². The molecule has 5 N–H and O–H groups in total. The van der Waals surface area contributed by atoms with E-state index in [9.17, 15) is 4.79 Å². The van der Waals surface area contributed by atoms with Crippen LogP contribution in [-0.4, -0.2) is 28.5 Å². The quantitative estimate of drug-likeness (QED) is 0.386. The van der Waals surface area contributed by atoms with Crippen LogP contribution in [0.15, 0.2) is 18.2 Å². The Bertz CT molecular complexity index is 625. The summed E-state index contributed by atoms with van der Waals surface area (Å²) in [5, 5.41) is 9.84. The second-order valence-electron chi connectivity index (χ2n) is 3.94. The maximum atomic E-state index is 11.4. The number of carbonyl (C=O) groups excluding carboxylic acids is 1. The van der Waals surface area contributed by atoms with Crippen LogP contribution in [0.5, 0.6) is 0 Å². The molecule has 20 heavy (non-hydrogen) atoms. The number of hydrogen-bond acceptors (Lipinski definition) is 4. The number of nitrogens with two attached hydrogens (primary N) is 1. The van der Waals surface area contributed by atoms with E-state index >= 15 is 0 Å². The van der Waals surface area contributed by atoms with Crippen LogP contribution in [0.25, 0.3) is 11.0 Å². The largest absolute Gasteiger partial charge is 0.466 e. The summed E-state index contributed by atoms with van der Waals surface area (Å²) in [4.78, 5) is 18.7. The minimum Gasteiger partial charge on any atom is -0.466 e. The Balaban J connectivity index is 0.00000200. The van der Waals surface area contributed by atoms with Gasteiger partial charge in [-0.15, -0.1) is 12.4 Å². The summed E-state index contributed by atoms with van der Waals surface area (Å²) in [5.74, 6) is 0.0960. The standard InChI is InChI=1S/C12H15N5O2.ClH/c1-2-19-11(18)6-10-16-8-4-3-7(15-12(13)14)5-9(8)17-10;/h3-5H,2,6H2,1H3,(H,16,17)(H4,13,14,15);1H. The molecule has 7 nitrogen and oxygen atoms in total. The highest BCUT2D eigenvalue weighted by molar-refractivity contribution is 5.92. The molecule has 108 valence electrons. The fourth-order valence-electron chi connectivity index (χ4n) is 1.72. The molecule has 0 saturated carbocycles. The topological polar surface area (TPSA) is 117 Å². The van der Waals surface area contributed by atoms with Crippen LogP contribution in [0.3, 0.4) is 0 Å². The first-order valence-corrected chi connectivity index (χ1v) is 5.84. The van der Waals surface area contributed by atoms with Crippen LogP contribution in [0.4, 0.5) is 5.69 Å². The Labute approximate surface area is 121 Å². The van der Waals surface area contributed by atoms with Crippen LogP contribution in [0.1, 0.15) is 12.7 Å². The number of rotatable bonds is 4. The average molecular weight is 298 g/mol. The van der Waals surface area contributed by atoms with Gasteiger partial charge in [-0.25, -0.2) is 4.98 Å². The Morgan fingerprint density at radius 2 is 2.30 bits per heavy atom. The lowest BCUT2D eigenvalue weighted by Gasteiger charge is -2.01. The van der Waals surface area contributed by atoms with Crippen molar-refractivity contribution in [3.05, 3.63) is 24.0 Å². The molecule has 0 atom stereocenters. The van der Waals surface area contributed by atoms with Gasteiger partial charge in [0.05, 0.1) is 17.6 Å². The Hall–Kier alpha value is -2.28. The monoisotopic (exact) mass is 297 g/mol. The smallest absolute Gasteiger partial charge is 0.313 e. The van der Waals surface area contributed by atoms with Gasteiger partial charge < -0.3 is 20.8 Å². The third kappa shape index (κ3) is 3.86. The van der Waals surface area contributed by atoms with E-state index in [-0.39, 0.29) is 30.8 Å². The molecule has 0 radical (unpaired) electrons. The molecule has 0 amide bonds. The molecule has 0 fully saturated rings. The van der Waals surface area contributed by atoms with Gasteiger partial charge in [-0.3, -0.25) is 10.2 Å². The van der Waals surface area contributed by atoms with E-state index in [0.717, 1.165) is 5.52 Å². The van der Waals surface area contributed by atoms with E-state index in [1.807, 2.05) is 6.07 Å². The number of fused-ring (bicyclic) bond motifs is 1. The Morgan fingerprint density at radius 1 is 1.55 bits per heavy atom. The van der Waals surface area contributed by atoms with Crippen molar-refractivity contribution in [1.82, 2.24) is 9.97 Å². The number of guanidine groups is 1. The summed E-state index contributed by atoms with van der Waals surface area (Å²) < 4.78 is 4.86. The van der Waals surface area contributed by atoms with E-state index in [2.05, 4.69) is 15.3 Å². The molecule has 1 heterocycles. The number of hydrogen-bond donors (Lipinski definition) is 4. The number of halogens is 1. The fourth-order valence-corrected chi connectivity index (χ4v) is 1.72. The van der Waals surface area contributed by atoms with Gasteiger partial charge in [0.1, 0.15) is 12.2 Å². The predicted octanol–water partition coefficient (Wildman–Crippen LogP) is 1.40. The van der Waals surface area contributed by atoms with Crippen molar-refractivity contribution in [3.8, 4) is 0 Å². The number of benzene rings is 1. The molecule has 0 unspecified atom stereocenters. The molecule has 0 bridgehead atoms. The Kier molecular flexibility index (Phi) is 5.33. The van der Waals surface area contributed by atoms with Gasteiger partial charge in [0.15, 0.2) is 5.96 Å². The maximum Gasteiger partial charge on any atom is 0.313 e. The number of aromatic nitrogens is 2. The van der Waals surface area contributed by atoms with Gasteiger partial charge in [-0.1, -0.05) is 0 Å². The first-order chi connectivity index (χ1) is 9.08. The highest BCUT2D eigenvalue weighted by Crippen LogP contribution is 2.17. The lowest BCUT2D eigenvalue weighted by molar-refractivity contribution is -0.142. The molecule has 0 spiro atoms. The van der Waals surface area contributed by atoms with Crippen LogP contribution in [-0.2, 0) is 16.0 Å². The molecule has 0 saturated heterocycles. The first-order valence-electron chi connectivity index (χ1n) is 5.84. The van der Waals surface area contributed by atoms with Crippen molar-refractivity contribution >= 4 is 41.1 Å². The van der Waals surface area contributed by atoms with E-state index in [4.69, 9.17) is 15.9 Å². The van der Waals surface area contributed by atoms with Gasteiger partial charge >= 0.3 is 5.97 Å². The van der Waals surface area contributed by atoms with Crippen molar-refractivity contribution in [2.75, 3.05) is 11.9 Å². The summed E-state index contributed by atoms with van der Waals surface area (Å²) in [6.07, 6.45) is 0.109. The summed E-state index contributed by atoms with van der Waals surface area (Å²) in [7, 11) is 0. The van der Waals surface area contributed by atoms with Crippen LogP contribution < -0.4 is 11.1 Å². The Morgan fingerprint density at radius 3 is 2.95 bits per heavy atom. The molecule has 2 rings (SSSR count). The molecule has 0 aliphatic heterocycles. The number of imidazole rings is 1. The molecular weight excluding hydrogens is 282 g/mol. The van der Waals surface area contributed by atoms with Crippen molar-refractivity contribution in [2.24, 2.45) is 5.73 Å². The van der Waals surface area contributed by atoms with E-state index in [1.165, 1.54) is 0 Å². The highest BCUT2D eigenvalue weighted by atomic mass is 35.5. The van der Waals surface area contributed by atoms with Crippen LogP contribution >= 0.6 is 12.4 Å². The zero-order valence-electron chi connectivity index (χ0n) is 10.9. The molecule has 1 aromatic carbocycles. The number of anilines is 1. The van der Waals surface area contributed by atoms with Crippen molar-refractivity contribution in [2.45, 2.75) is 13.3 Å². The summed E-state index contributed by atoms with van der Waals surface area (Å²) >= 11 is 0. The second kappa shape index (κ2) is 6.76. The van der Waals surface area contributed by atoms with Crippen molar-refractivity contribution in [1.29, 1.82) is 5.41 Å². The number of aromatic amines is 1. The van der Waals surface area contributed by atoms with Gasteiger partial charge in [0.2, 0.25) is 0 Å². The average Bonchev–Trinajstić information content (AvgIpc) is 2.69. The van der Waals surface area contributed by atoms with Crippen molar-refractivity contribution in [3.63, 3.8) is 0 Å². The van der Waals surface area contributed by atoms with E-state index in [0.29, 0.717) is 23.6 Å². The van der Waals surface area contributed by atoms with Gasteiger partial charge in [0, 0.05) is 5.69 Å². The maximum absolute atomic E-state index is 11.4. The molecular formula is C12H16ClN5O2. The zero-order chi connectivity index (χ0) is 13.8. The number of esters is 1. The van der Waals surface area contributed by atoms with Crippen LogP contribution in [0, 0.1) is 5.41 Å².